The minimum atomic E-state index is -0.808. The second-order valence-corrected chi connectivity index (χ2v) is 3.25. The topological polar surface area (TPSA) is 49.3 Å². The predicted octanol–water partition coefficient (Wildman–Crippen LogP) is 1.63. The minimum Gasteiger partial charge on any atom is -0.481 e. The number of carboxylic acid groups (broad SMARTS) is 1. The van der Waals surface area contributed by atoms with Gasteiger partial charge in [0.1, 0.15) is 0 Å². The van der Waals surface area contributed by atoms with Gasteiger partial charge in [-0.3, -0.25) is 4.79 Å². The van der Waals surface area contributed by atoms with Crippen molar-refractivity contribution < 1.29 is 9.90 Å². The van der Waals surface area contributed by atoms with Crippen LogP contribution in [-0.2, 0) is 4.79 Å². The quantitative estimate of drug-likeness (QED) is 0.548. The van der Waals surface area contributed by atoms with Gasteiger partial charge in [0.2, 0.25) is 0 Å². The zero-order valence-electron chi connectivity index (χ0n) is 8.52. The fourth-order valence-corrected chi connectivity index (χ4v) is 1.36. The van der Waals surface area contributed by atoms with E-state index in [0.717, 1.165) is 5.56 Å². The smallest absolute Gasteiger partial charge is 0.312 e. The van der Waals surface area contributed by atoms with Gasteiger partial charge in [-0.1, -0.05) is 36.4 Å². The summed E-state index contributed by atoms with van der Waals surface area (Å²) in [6.45, 7) is 4.61. The molecule has 1 aromatic carbocycles. The van der Waals surface area contributed by atoms with E-state index in [-0.39, 0.29) is 0 Å². The van der Waals surface area contributed by atoms with Gasteiger partial charge in [0, 0.05) is 13.1 Å². The molecule has 0 aliphatic heterocycles. The van der Waals surface area contributed by atoms with E-state index in [4.69, 9.17) is 5.11 Å². The van der Waals surface area contributed by atoms with Crippen LogP contribution in [0, 0.1) is 0 Å². The highest BCUT2D eigenvalue weighted by Gasteiger charge is 2.18. The Labute approximate surface area is 89.4 Å². The van der Waals surface area contributed by atoms with E-state index < -0.39 is 11.9 Å². The SMILES string of the molecule is C=CCNCC(C(=O)O)c1ccccc1. The molecule has 0 heterocycles. The molecule has 0 aliphatic rings. The number of hydrogen-bond acceptors (Lipinski definition) is 2. The lowest BCUT2D eigenvalue weighted by atomic mass is 9.99. The molecular weight excluding hydrogens is 190 g/mol. The van der Waals surface area contributed by atoms with Gasteiger partial charge >= 0.3 is 5.97 Å². The van der Waals surface area contributed by atoms with Crippen LogP contribution in [0.2, 0.25) is 0 Å². The number of benzene rings is 1. The summed E-state index contributed by atoms with van der Waals surface area (Å²) >= 11 is 0. The molecule has 2 N–H and O–H groups in total. The molecule has 0 fully saturated rings. The van der Waals surface area contributed by atoms with Gasteiger partial charge < -0.3 is 10.4 Å². The normalized spacial score (nSPS) is 12.0. The maximum atomic E-state index is 11.0. The summed E-state index contributed by atoms with van der Waals surface area (Å²) in [6.07, 6.45) is 1.71. The maximum Gasteiger partial charge on any atom is 0.312 e. The molecule has 1 aromatic rings. The van der Waals surface area contributed by atoms with Crippen LogP contribution in [0.1, 0.15) is 11.5 Å². The molecule has 3 heteroatoms. The van der Waals surface area contributed by atoms with Gasteiger partial charge in [0.15, 0.2) is 0 Å². The van der Waals surface area contributed by atoms with Crippen molar-refractivity contribution in [3.8, 4) is 0 Å². The first-order chi connectivity index (χ1) is 7.25. The molecular formula is C12H15NO2. The molecule has 80 valence electrons. The second-order valence-electron chi connectivity index (χ2n) is 3.25. The first-order valence-corrected chi connectivity index (χ1v) is 4.85. The Morgan fingerprint density at radius 1 is 1.47 bits per heavy atom. The number of rotatable bonds is 6. The van der Waals surface area contributed by atoms with Gasteiger partial charge in [0.25, 0.3) is 0 Å². The molecule has 0 aliphatic carbocycles. The Morgan fingerprint density at radius 3 is 2.67 bits per heavy atom. The van der Waals surface area contributed by atoms with Crippen molar-refractivity contribution in [2.75, 3.05) is 13.1 Å². The van der Waals surface area contributed by atoms with Crippen molar-refractivity contribution in [3.05, 3.63) is 48.6 Å². The van der Waals surface area contributed by atoms with E-state index in [0.29, 0.717) is 13.1 Å². The third-order valence-electron chi connectivity index (χ3n) is 2.14. The van der Waals surface area contributed by atoms with Gasteiger partial charge in [-0.05, 0) is 5.56 Å². The zero-order valence-corrected chi connectivity index (χ0v) is 8.52. The van der Waals surface area contributed by atoms with E-state index in [9.17, 15) is 4.79 Å². The van der Waals surface area contributed by atoms with E-state index in [1.54, 1.807) is 6.08 Å². The Kier molecular flexibility index (Phi) is 4.57. The number of nitrogens with one attached hydrogen (secondary N) is 1. The standard InChI is InChI=1S/C12H15NO2/c1-2-8-13-9-11(12(14)15)10-6-4-3-5-7-10/h2-7,11,13H,1,8-9H2,(H,14,15). The molecule has 0 bridgehead atoms. The summed E-state index contributed by atoms with van der Waals surface area (Å²) in [7, 11) is 0. The van der Waals surface area contributed by atoms with Crippen LogP contribution >= 0.6 is 0 Å². The van der Waals surface area contributed by atoms with Gasteiger partial charge in [-0.25, -0.2) is 0 Å². The van der Waals surface area contributed by atoms with Gasteiger partial charge in [-0.2, -0.15) is 0 Å². The highest BCUT2D eigenvalue weighted by Crippen LogP contribution is 2.14. The summed E-state index contributed by atoms with van der Waals surface area (Å²) in [5, 5.41) is 12.1. The van der Waals surface area contributed by atoms with E-state index in [1.807, 2.05) is 30.3 Å². The average Bonchev–Trinajstić information content (AvgIpc) is 2.25. The van der Waals surface area contributed by atoms with Crippen LogP contribution in [0.5, 0.6) is 0 Å². The molecule has 15 heavy (non-hydrogen) atoms. The number of carboxylic acids is 1. The molecule has 0 saturated heterocycles. The van der Waals surface area contributed by atoms with Crippen molar-refractivity contribution in [2.45, 2.75) is 5.92 Å². The Morgan fingerprint density at radius 2 is 2.13 bits per heavy atom. The number of hydrogen-bond donors (Lipinski definition) is 2. The molecule has 3 nitrogen and oxygen atoms in total. The van der Waals surface area contributed by atoms with Crippen LogP contribution in [0.15, 0.2) is 43.0 Å². The monoisotopic (exact) mass is 205 g/mol. The molecule has 0 aromatic heterocycles. The third kappa shape index (κ3) is 3.56. The van der Waals surface area contributed by atoms with Crippen LogP contribution in [-0.4, -0.2) is 24.2 Å². The van der Waals surface area contributed by atoms with Crippen LogP contribution in [0.4, 0.5) is 0 Å². The predicted molar refractivity (Wildman–Crippen MR) is 59.9 cm³/mol. The first kappa shape index (κ1) is 11.5. The summed E-state index contributed by atoms with van der Waals surface area (Å²) in [6, 6.07) is 9.22. The Balaban J connectivity index is 2.66. The first-order valence-electron chi connectivity index (χ1n) is 4.85. The fraction of sp³-hybridized carbons (Fsp3) is 0.250. The fourth-order valence-electron chi connectivity index (χ4n) is 1.36. The second kappa shape index (κ2) is 5.98. The molecule has 1 unspecified atom stereocenters. The summed E-state index contributed by atoms with van der Waals surface area (Å²) in [5.74, 6) is -1.30. The summed E-state index contributed by atoms with van der Waals surface area (Å²) < 4.78 is 0. The molecule has 0 spiro atoms. The maximum absolute atomic E-state index is 11.0. The van der Waals surface area contributed by atoms with Crippen molar-refractivity contribution in [2.24, 2.45) is 0 Å². The average molecular weight is 205 g/mol. The van der Waals surface area contributed by atoms with Crippen molar-refractivity contribution in [1.29, 1.82) is 0 Å². The van der Waals surface area contributed by atoms with Gasteiger partial charge in [-0.15, -0.1) is 6.58 Å². The largest absolute Gasteiger partial charge is 0.481 e. The van der Waals surface area contributed by atoms with Crippen molar-refractivity contribution >= 4 is 5.97 Å². The lowest BCUT2D eigenvalue weighted by Gasteiger charge is -2.12. The van der Waals surface area contributed by atoms with Crippen molar-refractivity contribution in [3.63, 3.8) is 0 Å². The molecule has 0 amide bonds. The van der Waals surface area contributed by atoms with Gasteiger partial charge in [0.05, 0.1) is 5.92 Å². The van der Waals surface area contributed by atoms with Crippen LogP contribution in [0.25, 0.3) is 0 Å². The highest BCUT2D eigenvalue weighted by atomic mass is 16.4. The lowest BCUT2D eigenvalue weighted by molar-refractivity contribution is -0.138. The molecule has 1 atom stereocenters. The third-order valence-corrected chi connectivity index (χ3v) is 2.14. The van der Waals surface area contributed by atoms with Crippen molar-refractivity contribution in [1.82, 2.24) is 5.32 Å². The van der Waals surface area contributed by atoms with E-state index >= 15 is 0 Å². The van der Waals surface area contributed by atoms with Crippen LogP contribution < -0.4 is 5.32 Å². The lowest BCUT2D eigenvalue weighted by Crippen LogP contribution is -2.26. The number of aliphatic carboxylic acids is 1. The van der Waals surface area contributed by atoms with Crippen LogP contribution in [0.3, 0.4) is 0 Å². The molecule has 0 radical (unpaired) electrons. The molecule has 0 saturated carbocycles. The van der Waals surface area contributed by atoms with E-state index in [1.165, 1.54) is 0 Å². The number of carbonyl (C=O) groups is 1. The Hall–Kier alpha value is -1.61. The highest BCUT2D eigenvalue weighted by molar-refractivity contribution is 5.76. The Bertz CT molecular complexity index is 322. The summed E-state index contributed by atoms with van der Waals surface area (Å²) in [5.41, 5.74) is 0.821. The van der Waals surface area contributed by atoms with E-state index in [2.05, 4.69) is 11.9 Å². The summed E-state index contributed by atoms with van der Waals surface area (Å²) in [4.78, 5) is 11.0. The zero-order chi connectivity index (χ0) is 11.1. The minimum absolute atomic E-state index is 0.422. The molecule has 1 rings (SSSR count).